The van der Waals surface area contributed by atoms with Gasteiger partial charge in [0.25, 0.3) is 0 Å². The van der Waals surface area contributed by atoms with Crippen LogP contribution in [0.2, 0.25) is 5.02 Å². The summed E-state index contributed by atoms with van der Waals surface area (Å²) >= 11 is 6.37. The number of hydrogen-bond donors (Lipinski definition) is 1. The Labute approximate surface area is 136 Å². The third-order valence-corrected chi connectivity index (χ3v) is 4.06. The summed E-state index contributed by atoms with van der Waals surface area (Å²) in [6.07, 6.45) is 5.63. The molecule has 1 N–H and O–H groups in total. The van der Waals surface area contributed by atoms with Gasteiger partial charge in [0.2, 0.25) is 0 Å². The van der Waals surface area contributed by atoms with E-state index in [1.807, 2.05) is 48.7 Å². The topological polar surface area (TPSA) is 29.3 Å². The molecule has 0 aliphatic rings. The van der Waals surface area contributed by atoms with Crippen molar-refractivity contribution in [2.75, 3.05) is 11.9 Å². The van der Waals surface area contributed by atoms with Crippen LogP contribution in [0.4, 0.5) is 5.82 Å². The summed E-state index contributed by atoms with van der Waals surface area (Å²) in [5, 5.41) is 4.26. The lowest BCUT2D eigenvalue weighted by Gasteiger charge is -2.09. The second-order valence-electron chi connectivity index (χ2n) is 5.35. The van der Waals surface area contributed by atoms with Gasteiger partial charge in [-0.05, 0) is 24.6 Å². The SMILES string of the molecule is CCCCCNc1c(-c2ccccc2Cl)nc2ccccn12. The lowest BCUT2D eigenvalue weighted by Crippen LogP contribution is -2.05. The number of fused-ring (bicyclic) bond motifs is 1. The number of nitrogens with one attached hydrogen (secondary N) is 1. The first-order chi connectivity index (χ1) is 10.8. The molecule has 0 amide bonds. The van der Waals surface area contributed by atoms with Crippen molar-refractivity contribution in [3.8, 4) is 11.3 Å². The first kappa shape index (κ1) is 14.9. The molecule has 114 valence electrons. The third kappa shape index (κ3) is 2.95. The molecule has 0 saturated carbocycles. The molecular weight excluding hydrogens is 294 g/mol. The van der Waals surface area contributed by atoms with Crippen LogP contribution in [0.1, 0.15) is 26.2 Å². The molecule has 0 radical (unpaired) electrons. The summed E-state index contributed by atoms with van der Waals surface area (Å²) in [7, 11) is 0. The molecule has 22 heavy (non-hydrogen) atoms. The fourth-order valence-electron chi connectivity index (χ4n) is 2.59. The molecule has 0 aliphatic heterocycles. The summed E-state index contributed by atoms with van der Waals surface area (Å²) in [5.41, 5.74) is 2.80. The Morgan fingerprint density at radius 2 is 1.91 bits per heavy atom. The Morgan fingerprint density at radius 3 is 2.73 bits per heavy atom. The third-order valence-electron chi connectivity index (χ3n) is 3.73. The Balaban J connectivity index is 2.03. The molecule has 0 aliphatic carbocycles. The van der Waals surface area contributed by atoms with Crippen molar-refractivity contribution in [2.45, 2.75) is 26.2 Å². The summed E-state index contributed by atoms with van der Waals surface area (Å²) < 4.78 is 2.09. The van der Waals surface area contributed by atoms with E-state index in [-0.39, 0.29) is 0 Å². The number of nitrogens with zero attached hydrogens (tertiary/aromatic N) is 2. The molecule has 0 saturated heterocycles. The van der Waals surface area contributed by atoms with Crippen LogP contribution in [-0.2, 0) is 0 Å². The predicted octanol–water partition coefficient (Wildman–Crippen LogP) is 5.26. The largest absolute Gasteiger partial charge is 0.369 e. The summed E-state index contributed by atoms with van der Waals surface area (Å²) in [6.45, 7) is 3.15. The quantitative estimate of drug-likeness (QED) is 0.629. The number of anilines is 1. The average molecular weight is 314 g/mol. The summed E-state index contributed by atoms with van der Waals surface area (Å²) in [4.78, 5) is 4.76. The van der Waals surface area contributed by atoms with Gasteiger partial charge in [-0.3, -0.25) is 4.40 Å². The van der Waals surface area contributed by atoms with Crippen LogP contribution >= 0.6 is 11.6 Å². The van der Waals surface area contributed by atoms with Crippen LogP contribution in [0, 0.1) is 0 Å². The molecule has 0 unspecified atom stereocenters. The fraction of sp³-hybridized carbons (Fsp3) is 0.278. The molecule has 2 heterocycles. The lowest BCUT2D eigenvalue weighted by atomic mass is 10.1. The van der Waals surface area contributed by atoms with Crippen LogP contribution in [-0.4, -0.2) is 15.9 Å². The van der Waals surface area contributed by atoms with Crippen molar-refractivity contribution in [1.82, 2.24) is 9.38 Å². The van der Waals surface area contributed by atoms with Crippen molar-refractivity contribution in [3.05, 3.63) is 53.7 Å². The number of benzene rings is 1. The standard InChI is InChI=1S/C18H20ClN3/c1-2-3-7-12-20-18-17(14-9-4-5-10-15(14)19)21-16-11-6-8-13-22(16)18/h4-6,8-11,13,20H,2-3,7,12H2,1H3. The van der Waals surface area contributed by atoms with E-state index >= 15 is 0 Å². The molecular formula is C18H20ClN3. The Kier molecular flexibility index (Phi) is 4.64. The zero-order chi connectivity index (χ0) is 15.4. The minimum Gasteiger partial charge on any atom is -0.369 e. The number of rotatable bonds is 6. The number of halogens is 1. The van der Waals surface area contributed by atoms with Crippen LogP contribution in [0.3, 0.4) is 0 Å². The first-order valence-corrected chi connectivity index (χ1v) is 8.15. The van der Waals surface area contributed by atoms with Crippen molar-refractivity contribution in [3.63, 3.8) is 0 Å². The normalized spacial score (nSPS) is 11.0. The fourth-order valence-corrected chi connectivity index (χ4v) is 2.81. The maximum atomic E-state index is 6.37. The molecule has 3 nitrogen and oxygen atoms in total. The van der Waals surface area contributed by atoms with Crippen LogP contribution < -0.4 is 5.32 Å². The molecule has 3 rings (SSSR count). The molecule has 0 spiro atoms. The van der Waals surface area contributed by atoms with E-state index < -0.39 is 0 Å². The second kappa shape index (κ2) is 6.84. The van der Waals surface area contributed by atoms with Gasteiger partial charge in [0.1, 0.15) is 17.2 Å². The van der Waals surface area contributed by atoms with Gasteiger partial charge < -0.3 is 5.32 Å². The number of imidazole rings is 1. The van der Waals surface area contributed by atoms with Gasteiger partial charge in [0, 0.05) is 18.3 Å². The van der Waals surface area contributed by atoms with Gasteiger partial charge in [-0.15, -0.1) is 0 Å². The van der Waals surface area contributed by atoms with Crippen LogP contribution in [0.15, 0.2) is 48.7 Å². The summed E-state index contributed by atoms with van der Waals surface area (Å²) in [5.74, 6) is 1.01. The molecule has 3 aromatic rings. The number of hydrogen-bond acceptors (Lipinski definition) is 2. The van der Waals surface area contributed by atoms with E-state index in [2.05, 4.69) is 16.6 Å². The highest BCUT2D eigenvalue weighted by atomic mass is 35.5. The van der Waals surface area contributed by atoms with Gasteiger partial charge >= 0.3 is 0 Å². The maximum Gasteiger partial charge on any atom is 0.139 e. The highest BCUT2D eigenvalue weighted by molar-refractivity contribution is 6.33. The zero-order valence-corrected chi connectivity index (χ0v) is 13.5. The average Bonchev–Trinajstić information content (AvgIpc) is 2.90. The monoisotopic (exact) mass is 313 g/mol. The van der Waals surface area contributed by atoms with Crippen LogP contribution in [0.5, 0.6) is 0 Å². The summed E-state index contributed by atoms with van der Waals surface area (Å²) in [6, 6.07) is 13.9. The van der Waals surface area contributed by atoms with Crippen molar-refractivity contribution >= 4 is 23.1 Å². The highest BCUT2D eigenvalue weighted by Crippen LogP contribution is 2.33. The molecule has 1 aromatic carbocycles. The maximum absolute atomic E-state index is 6.37. The van der Waals surface area contributed by atoms with E-state index in [0.717, 1.165) is 40.7 Å². The minimum absolute atomic E-state index is 0.725. The van der Waals surface area contributed by atoms with Gasteiger partial charge in [0.15, 0.2) is 0 Å². The number of pyridine rings is 1. The Hall–Kier alpha value is -2.00. The van der Waals surface area contributed by atoms with Gasteiger partial charge in [-0.1, -0.05) is 55.6 Å². The van der Waals surface area contributed by atoms with E-state index in [4.69, 9.17) is 16.6 Å². The smallest absolute Gasteiger partial charge is 0.139 e. The number of aromatic nitrogens is 2. The van der Waals surface area contributed by atoms with Crippen molar-refractivity contribution in [2.24, 2.45) is 0 Å². The van der Waals surface area contributed by atoms with Gasteiger partial charge in [0.05, 0.1) is 5.02 Å². The lowest BCUT2D eigenvalue weighted by molar-refractivity contribution is 0.742. The highest BCUT2D eigenvalue weighted by Gasteiger charge is 2.15. The van der Waals surface area contributed by atoms with Crippen molar-refractivity contribution < 1.29 is 0 Å². The predicted molar refractivity (Wildman–Crippen MR) is 93.7 cm³/mol. The molecule has 4 heteroatoms. The molecule has 0 atom stereocenters. The Morgan fingerprint density at radius 1 is 1.09 bits per heavy atom. The molecule has 0 bridgehead atoms. The van der Waals surface area contributed by atoms with E-state index in [9.17, 15) is 0 Å². The van der Waals surface area contributed by atoms with Gasteiger partial charge in [-0.25, -0.2) is 4.98 Å². The van der Waals surface area contributed by atoms with E-state index in [1.165, 1.54) is 12.8 Å². The minimum atomic E-state index is 0.725. The molecule has 2 aromatic heterocycles. The zero-order valence-electron chi connectivity index (χ0n) is 12.7. The van der Waals surface area contributed by atoms with E-state index in [0.29, 0.717) is 0 Å². The second-order valence-corrected chi connectivity index (χ2v) is 5.76. The Bertz CT molecular complexity index is 764. The van der Waals surface area contributed by atoms with Crippen molar-refractivity contribution in [1.29, 1.82) is 0 Å². The number of unbranched alkanes of at least 4 members (excludes halogenated alkanes) is 2. The van der Waals surface area contributed by atoms with Gasteiger partial charge in [-0.2, -0.15) is 0 Å². The van der Waals surface area contributed by atoms with Crippen LogP contribution in [0.25, 0.3) is 16.9 Å². The molecule has 0 fully saturated rings. The van der Waals surface area contributed by atoms with E-state index in [1.54, 1.807) is 0 Å². The first-order valence-electron chi connectivity index (χ1n) is 7.77.